The van der Waals surface area contributed by atoms with Gasteiger partial charge in [0.1, 0.15) is 0 Å². The van der Waals surface area contributed by atoms with Crippen LogP contribution in [0.1, 0.15) is 13.3 Å². The summed E-state index contributed by atoms with van der Waals surface area (Å²) < 4.78 is 20.9. The van der Waals surface area contributed by atoms with Gasteiger partial charge >= 0.3 is 0 Å². The monoisotopic (exact) mass is 148 g/mol. The minimum atomic E-state index is -2.78. The molecule has 0 saturated heterocycles. The summed E-state index contributed by atoms with van der Waals surface area (Å²) in [5.41, 5.74) is 0. The fraction of sp³-hybridized carbons (Fsp3) is 0.667. The van der Waals surface area contributed by atoms with E-state index in [4.69, 9.17) is 0 Å². The zero-order valence-corrected chi connectivity index (χ0v) is 6.61. The molecular formula is C6H12O2S. The highest BCUT2D eigenvalue weighted by Crippen LogP contribution is 1.85. The van der Waals surface area contributed by atoms with Gasteiger partial charge in [-0.25, -0.2) is 8.42 Å². The summed E-state index contributed by atoms with van der Waals surface area (Å²) in [6, 6.07) is 0. The highest BCUT2D eigenvalue weighted by Gasteiger charge is 1.94. The Labute approximate surface area is 56.5 Å². The molecule has 0 aliphatic carbocycles. The molecule has 2 nitrogen and oxygen atoms in total. The van der Waals surface area contributed by atoms with Gasteiger partial charge in [-0.3, -0.25) is 0 Å². The van der Waals surface area contributed by atoms with Crippen molar-refractivity contribution < 1.29 is 8.42 Å². The Hall–Kier alpha value is -0.310. The molecule has 0 aliphatic rings. The maximum atomic E-state index is 10.5. The molecule has 0 bridgehead atoms. The van der Waals surface area contributed by atoms with E-state index in [-0.39, 0.29) is 5.75 Å². The molecule has 3 heteroatoms. The van der Waals surface area contributed by atoms with E-state index < -0.39 is 9.84 Å². The number of allylic oxidation sites excluding steroid dienone is 1. The maximum absolute atomic E-state index is 10.5. The van der Waals surface area contributed by atoms with Crippen LogP contribution in [0.3, 0.4) is 0 Å². The second-order valence-electron chi connectivity index (χ2n) is 1.97. The summed E-state index contributed by atoms with van der Waals surface area (Å²) in [6.07, 6.45) is 5.65. The molecule has 9 heavy (non-hydrogen) atoms. The Kier molecular flexibility index (Phi) is 3.54. The average molecular weight is 148 g/mol. The van der Waals surface area contributed by atoms with Gasteiger partial charge in [-0.15, -0.1) is 0 Å². The minimum absolute atomic E-state index is 0.167. The van der Waals surface area contributed by atoms with Crippen LogP contribution < -0.4 is 0 Å². The molecule has 0 aromatic carbocycles. The SMILES string of the molecule is CC/C=C/CS(C)(=O)=O. The molecular weight excluding hydrogens is 136 g/mol. The Morgan fingerprint density at radius 2 is 1.89 bits per heavy atom. The Morgan fingerprint density at radius 1 is 1.33 bits per heavy atom. The van der Waals surface area contributed by atoms with Crippen LogP contribution in [0, 0.1) is 0 Å². The van der Waals surface area contributed by atoms with Gasteiger partial charge in [0.25, 0.3) is 0 Å². The van der Waals surface area contributed by atoms with Crippen LogP contribution in [0.4, 0.5) is 0 Å². The predicted molar refractivity (Wildman–Crippen MR) is 39.1 cm³/mol. The van der Waals surface area contributed by atoms with E-state index in [1.165, 1.54) is 6.26 Å². The summed E-state index contributed by atoms with van der Waals surface area (Å²) in [5.74, 6) is 0.167. The molecule has 0 aliphatic heterocycles. The van der Waals surface area contributed by atoms with Crippen LogP contribution in [0.2, 0.25) is 0 Å². The average Bonchev–Trinajstić information content (AvgIpc) is 1.63. The predicted octanol–water partition coefficient (Wildman–Crippen LogP) is 0.997. The molecule has 0 aromatic rings. The number of hydrogen-bond donors (Lipinski definition) is 0. The molecule has 54 valence electrons. The summed E-state index contributed by atoms with van der Waals surface area (Å²) in [5, 5.41) is 0. The van der Waals surface area contributed by atoms with Crippen LogP contribution in [0.25, 0.3) is 0 Å². The van der Waals surface area contributed by atoms with Crippen molar-refractivity contribution in [1.29, 1.82) is 0 Å². The number of hydrogen-bond acceptors (Lipinski definition) is 2. The minimum Gasteiger partial charge on any atom is -0.229 e. The van der Waals surface area contributed by atoms with Crippen molar-refractivity contribution in [3.05, 3.63) is 12.2 Å². The molecule has 0 saturated carbocycles. The van der Waals surface area contributed by atoms with Crippen molar-refractivity contribution >= 4 is 9.84 Å². The first-order valence-electron chi connectivity index (χ1n) is 2.89. The third-order valence-electron chi connectivity index (χ3n) is 0.801. The first-order chi connectivity index (χ1) is 4.06. The van der Waals surface area contributed by atoms with Gasteiger partial charge in [0, 0.05) is 6.26 Å². The van der Waals surface area contributed by atoms with Gasteiger partial charge in [-0.2, -0.15) is 0 Å². The van der Waals surface area contributed by atoms with E-state index in [1.807, 2.05) is 13.0 Å². The van der Waals surface area contributed by atoms with E-state index in [2.05, 4.69) is 0 Å². The molecule has 0 amide bonds. The highest BCUT2D eigenvalue weighted by atomic mass is 32.2. The summed E-state index contributed by atoms with van der Waals surface area (Å²) in [6.45, 7) is 1.97. The Bertz CT molecular complexity index is 177. The van der Waals surface area contributed by atoms with E-state index in [0.717, 1.165) is 6.42 Å². The van der Waals surface area contributed by atoms with Crippen molar-refractivity contribution in [2.45, 2.75) is 13.3 Å². The van der Waals surface area contributed by atoms with E-state index in [1.54, 1.807) is 6.08 Å². The summed E-state index contributed by atoms with van der Waals surface area (Å²) in [7, 11) is -2.78. The number of rotatable bonds is 3. The lowest BCUT2D eigenvalue weighted by molar-refractivity contribution is 0.604. The summed E-state index contributed by atoms with van der Waals surface area (Å²) in [4.78, 5) is 0. The fourth-order valence-electron chi connectivity index (χ4n) is 0.410. The second kappa shape index (κ2) is 3.67. The zero-order chi connectivity index (χ0) is 7.33. The Balaban J connectivity index is 3.65. The van der Waals surface area contributed by atoms with E-state index >= 15 is 0 Å². The van der Waals surface area contributed by atoms with Crippen molar-refractivity contribution in [1.82, 2.24) is 0 Å². The lowest BCUT2D eigenvalue weighted by atomic mass is 10.4. The normalized spacial score (nSPS) is 12.7. The lowest BCUT2D eigenvalue weighted by Crippen LogP contribution is -1.98. The van der Waals surface area contributed by atoms with E-state index in [0.29, 0.717) is 0 Å². The van der Waals surface area contributed by atoms with Gasteiger partial charge in [-0.1, -0.05) is 19.1 Å². The third-order valence-corrected chi connectivity index (χ3v) is 1.60. The van der Waals surface area contributed by atoms with Crippen molar-refractivity contribution in [3.8, 4) is 0 Å². The summed E-state index contributed by atoms with van der Waals surface area (Å²) >= 11 is 0. The van der Waals surface area contributed by atoms with Crippen LogP contribution >= 0.6 is 0 Å². The van der Waals surface area contributed by atoms with Gasteiger partial charge in [0.15, 0.2) is 9.84 Å². The van der Waals surface area contributed by atoms with Crippen LogP contribution in [-0.4, -0.2) is 20.4 Å². The highest BCUT2D eigenvalue weighted by molar-refractivity contribution is 7.90. The maximum Gasteiger partial charge on any atom is 0.150 e. The Morgan fingerprint density at radius 3 is 2.22 bits per heavy atom. The molecule has 0 aromatic heterocycles. The molecule has 0 N–H and O–H groups in total. The molecule has 0 unspecified atom stereocenters. The fourth-order valence-corrected chi connectivity index (χ4v) is 0.895. The topological polar surface area (TPSA) is 34.1 Å². The van der Waals surface area contributed by atoms with Gasteiger partial charge in [-0.05, 0) is 6.42 Å². The second-order valence-corrected chi connectivity index (χ2v) is 4.16. The third kappa shape index (κ3) is 7.69. The van der Waals surface area contributed by atoms with Gasteiger partial charge in [0.05, 0.1) is 5.75 Å². The van der Waals surface area contributed by atoms with Crippen molar-refractivity contribution in [2.75, 3.05) is 12.0 Å². The molecule has 0 radical (unpaired) electrons. The van der Waals surface area contributed by atoms with Crippen molar-refractivity contribution in [2.24, 2.45) is 0 Å². The van der Waals surface area contributed by atoms with Crippen LogP contribution in [-0.2, 0) is 9.84 Å². The molecule has 0 atom stereocenters. The smallest absolute Gasteiger partial charge is 0.150 e. The zero-order valence-electron chi connectivity index (χ0n) is 5.79. The number of sulfone groups is 1. The first-order valence-corrected chi connectivity index (χ1v) is 4.95. The molecule has 0 spiro atoms. The van der Waals surface area contributed by atoms with Crippen molar-refractivity contribution in [3.63, 3.8) is 0 Å². The molecule has 0 fully saturated rings. The van der Waals surface area contributed by atoms with Gasteiger partial charge in [0.2, 0.25) is 0 Å². The van der Waals surface area contributed by atoms with Crippen LogP contribution in [0.15, 0.2) is 12.2 Å². The van der Waals surface area contributed by atoms with E-state index in [9.17, 15) is 8.42 Å². The molecule has 0 rings (SSSR count). The largest absolute Gasteiger partial charge is 0.229 e. The first kappa shape index (κ1) is 8.69. The van der Waals surface area contributed by atoms with Crippen LogP contribution in [0.5, 0.6) is 0 Å². The van der Waals surface area contributed by atoms with Gasteiger partial charge < -0.3 is 0 Å². The lowest BCUT2D eigenvalue weighted by Gasteiger charge is -1.86. The standard InChI is InChI=1S/C6H12O2S/c1-3-4-5-6-9(2,7)8/h4-5H,3,6H2,1-2H3/b5-4+. The molecule has 0 heterocycles. The quantitative estimate of drug-likeness (QED) is 0.559.